The van der Waals surface area contributed by atoms with Gasteiger partial charge in [0.15, 0.2) is 5.82 Å². The molecule has 0 fully saturated rings. The summed E-state index contributed by atoms with van der Waals surface area (Å²) < 4.78 is 0. The molecule has 0 saturated carbocycles. The van der Waals surface area contributed by atoms with Crippen molar-refractivity contribution in [3.8, 4) is 11.4 Å². The zero-order valence-electron chi connectivity index (χ0n) is 14.0. The van der Waals surface area contributed by atoms with Crippen molar-refractivity contribution < 1.29 is 9.90 Å². The number of H-pyrrole nitrogens is 1. The number of aliphatic hydroxyl groups excluding tert-OH is 1. The van der Waals surface area contributed by atoms with E-state index in [9.17, 15) is 4.79 Å². The zero-order chi connectivity index (χ0) is 17.6. The molecule has 0 atom stereocenters. The van der Waals surface area contributed by atoms with Crippen LogP contribution in [0.3, 0.4) is 0 Å². The number of benzene rings is 2. The van der Waals surface area contributed by atoms with Gasteiger partial charge in [0.05, 0.1) is 6.61 Å². The van der Waals surface area contributed by atoms with Crippen LogP contribution >= 0.6 is 0 Å². The second-order valence-corrected chi connectivity index (χ2v) is 5.81. The molecule has 25 heavy (non-hydrogen) atoms. The van der Waals surface area contributed by atoms with Crippen LogP contribution in [-0.4, -0.2) is 32.7 Å². The van der Waals surface area contributed by atoms with Crippen LogP contribution in [0.4, 0.5) is 0 Å². The van der Waals surface area contributed by atoms with Crippen molar-refractivity contribution in [1.82, 2.24) is 20.5 Å². The Kier molecular flexibility index (Phi) is 5.20. The molecule has 0 aliphatic carbocycles. The van der Waals surface area contributed by atoms with Gasteiger partial charge in [0, 0.05) is 17.7 Å². The molecule has 1 aromatic heterocycles. The zero-order valence-corrected chi connectivity index (χ0v) is 14.0. The molecule has 128 valence electrons. The van der Waals surface area contributed by atoms with Crippen molar-refractivity contribution in [3.63, 3.8) is 0 Å². The highest BCUT2D eigenvalue weighted by atomic mass is 16.3. The fraction of sp³-hybridized carbons (Fsp3) is 0.211. The van der Waals surface area contributed by atoms with Crippen LogP contribution in [0, 0.1) is 6.92 Å². The fourth-order valence-corrected chi connectivity index (χ4v) is 2.51. The molecular weight excluding hydrogens is 316 g/mol. The average Bonchev–Trinajstić information content (AvgIpc) is 3.09. The summed E-state index contributed by atoms with van der Waals surface area (Å²) in [7, 11) is 0. The quantitative estimate of drug-likeness (QED) is 0.644. The van der Waals surface area contributed by atoms with Gasteiger partial charge >= 0.3 is 0 Å². The molecule has 6 heteroatoms. The van der Waals surface area contributed by atoms with E-state index in [0.29, 0.717) is 17.9 Å². The number of carbonyl (C=O) groups is 1. The normalized spacial score (nSPS) is 10.6. The van der Waals surface area contributed by atoms with Gasteiger partial charge < -0.3 is 10.4 Å². The van der Waals surface area contributed by atoms with Gasteiger partial charge in [-0.2, -0.15) is 5.10 Å². The van der Waals surface area contributed by atoms with Crippen molar-refractivity contribution >= 4 is 5.91 Å². The monoisotopic (exact) mass is 336 g/mol. The standard InChI is InChI=1S/C19H20N4O2/c1-13-21-18(23-22-13)16-3-2-4-17(11-16)19(25)20-10-9-14-5-7-15(12-24)8-6-14/h2-8,11,24H,9-10,12H2,1H3,(H,20,25)(H,21,22,23). The molecule has 3 N–H and O–H groups in total. The predicted octanol–water partition coefficient (Wildman–Crippen LogP) is 2.24. The number of aromatic nitrogens is 3. The highest BCUT2D eigenvalue weighted by Gasteiger charge is 2.09. The first-order chi connectivity index (χ1) is 12.2. The Morgan fingerprint density at radius 1 is 1.16 bits per heavy atom. The molecule has 3 rings (SSSR count). The molecule has 1 amide bonds. The Morgan fingerprint density at radius 2 is 1.92 bits per heavy atom. The molecule has 6 nitrogen and oxygen atoms in total. The molecule has 2 aromatic carbocycles. The first-order valence-electron chi connectivity index (χ1n) is 8.12. The van der Waals surface area contributed by atoms with Gasteiger partial charge in [-0.1, -0.05) is 36.4 Å². The minimum atomic E-state index is -0.124. The van der Waals surface area contributed by atoms with Crippen LogP contribution in [0.5, 0.6) is 0 Å². The number of carbonyl (C=O) groups excluding carboxylic acids is 1. The van der Waals surface area contributed by atoms with E-state index in [-0.39, 0.29) is 12.5 Å². The number of nitrogens with zero attached hydrogens (tertiary/aromatic N) is 2. The molecule has 1 heterocycles. The van der Waals surface area contributed by atoms with Crippen LogP contribution in [0.1, 0.15) is 27.3 Å². The third-order valence-electron chi connectivity index (χ3n) is 3.88. The van der Waals surface area contributed by atoms with Crippen molar-refractivity contribution in [2.24, 2.45) is 0 Å². The number of rotatable bonds is 6. The number of nitrogens with one attached hydrogen (secondary N) is 2. The number of aromatic amines is 1. The number of hydrogen-bond donors (Lipinski definition) is 3. The van der Waals surface area contributed by atoms with Crippen LogP contribution in [0.25, 0.3) is 11.4 Å². The van der Waals surface area contributed by atoms with E-state index < -0.39 is 0 Å². The summed E-state index contributed by atoms with van der Waals surface area (Å²) in [5, 5.41) is 18.9. The van der Waals surface area contributed by atoms with Crippen LogP contribution < -0.4 is 5.32 Å². The highest BCUT2D eigenvalue weighted by Crippen LogP contribution is 2.16. The topological polar surface area (TPSA) is 90.9 Å². The van der Waals surface area contributed by atoms with Gasteiger partial charge in [0.1, 0.15) is 5.82 Å². The lowest BCUT2D eigenvalue weighted by atomic mass is 10.1. The van der Waals surface area contributed by atoms with Gasteiger partial charge in [-0.05, 0) is 36.6 Å². The van der Waals surface area contributed by atoms with Crippen molar-refractivity contribution in [3.05, 3.63) is 71.0 Å². The van der Waals surface area contributed by atoms with E-state index in [2.05, 4.69) is 20.5 Å². The Balaban J connectivity index is 1.59. The fourth-order valence-electron chi connectivity index (χ4n) is 2.51. The van der Waals surface area contributed by atoms with Crippen molar-refractivity contribution in [2.45, 2.75) is 20.0 Å². The lowest BCUT2D eigenvalue weighted by molar-refractivity contribution is 0.0954. The van der Waals surface area contributed by atoms with Crippen LogP contribution in [-0.2, 0) is 13.0 Å². The van der Waals surface area contributed by atoms with Gasteiger partial charge in [-0.25, -0.2) is 4.98 Å². The van der Waals surface area contributed by atoms with E-state index in [4.69, 9.17) is 5.11 Å². The maximum Gasteiger partial charge on any atom is 0.251 e. The molecule has 0 bridgehead atoms. The summed E-state index contributed by atoms with van der Waals surface area (Å²) >= 11 is 0. The van der Waals surface area contributed by atoms with Gasteiger partial charge in [-0.3, -0.25) is 9.89 Å². The van der Waals surface area contributed by atoms with E-state index in [1.54, 1.807) is 12.1 Å². The summed E-state index contributed by atoms with van der Waals surface area (Å²) in [6.07, 6.45) is 0.733. The number of aryl methyl sites for hydroxylation is 1. The minimum absolute atomic E-state index is 0.0394. The number of aliphatic hydroxyl groups is 1. The second-order valence-electron chi connectivity index (χ2n) is 5.81. The molecule has 0 spiro atoms. The van der Waals surface area contributed by atoms with Gasteiger partial charge in [-0.15, -0.1) is 0 Å². The molecule has 0 unspecified atom stereocenters. The molecule has 0 aliphatic rings. The summed E-state index contributed by atoms with van der Waals surface area (Å²) in [6.45, 7) is 2.42. The maximum atomic E-state index is 12.3. The maximum absolute atomic E-state index is 12.3. The first kappa shape index (κ1) is 16.9. The summed E-state index contributed by atoms with van der Waals surface area (Å²) in [5.41, 5.74) is 3.38. The summed E-state index contributed by atoms with van der Waals surface area (Å²) in [4.78, 5) is 16.6. The number of hydrogen-bond acceptors (Lipinski definition) is 4. The Morgan fingerprint density at radius 3 is 2.60 bits per heavy atom. The molecule has 0 aliphatic heterocycles. The Hall–Kier alpha value is -2.99. The largest absolute Gasteiger partial charge is 0.392 e. The van der Waals surface area contributed by atoms with Crippen LogP contribution in [0.15, 0.2) is 48.5 Å². The predicted molar refractivity (Wildman–Crippen MR) is 95.0 cm³/mol. The lowest BCUT2D eigenvalue weighted by Gasteiger charge is -2.07. The molecule has 0 saturated heterocycles. The third kappa shape index (κ3) is 4.30. The SMILES string of the molecule is Cc1nc(-c2cccc(C(=O)NCCc3ccc(CO)cc3)c2)n[nH]1. The first-order valence-corrected chi connectivity index (χ1v) is 8.12. The van der Waals surface area contributed by atoms with Crippen molar-refractivity contribution in [1.29, 1.82) is 0 Å². The smallest absolute Gasteiger partial charge is 0.251 e. The van der Waals surface area contributed by atoms with E-state index >= 15 is 0 Å². The molecule has 3 aromatic rings. The average molecular weight is 336 g/mol. The van der Waals surface area contributed by atoms with E-state index in [1.165, 1.54) is 0 Å². The summed E-state index contributed by atoms with van der Waals surface area (Å²) in [6, 6.07) is 15.0. The van der Waals surface area contributed by atoms with Gasteiger partial charge in [0.2, 0.25) is 0 Å². The molecule has 0 radical (unpaired) electrons. The highest BCUT2D eigenvalue weighted by molar-refractivity contribution is 5.95. The van der Waals surface area contributed by atoms with Gasteiger partial charge in [0.25, 0.3) is 5.91 Å². The molecular formula is C19H20N4O2. The lowest BCUT2D eigenvalue weighted by Crippen LogP contribution is -2.25. The Labute approximate surface area is 145 Å². The van der Waals surface area contributed by atoms with E-state index in [0.717, 1.165) is 28.9 Å². The Bertz CT molecular complexity index is 856. The van der Waals surface area contributed by atoms with Crippen LogP contribution in [0.2, 0.25) is 0 Å². The minimum Gasteiger partial charge on any atom is -0.392 e. The third-order valence-corrected chi connectivity index (χ3v) is 3.88. The summed E-state index contributed by atoms with van der Waals surface area (Å²) in [5.74, 6) is 1.19. The second kappa shape index (κ2) is 7.72. The van der Waals surface area contributed by atoms with Crippen molar-refractivity contribution in [2.75, 3.05) is 6.54 Å². The van der Waals surface area contributed by atoms with E-state index in [1.807, 2.05) is 43.3 Å². The number of amides is 1.